The van der Waals surface area contributed by atoms with Gasteiger partial charge in [-0.25, -0.2) is 4.98 Å². The zero-order valence-corrected chi connectivity index (χ0v) is 14.5. The largest absolute Gasteiger partial charge is 0.354 e. The Labute approximate surface area is 151 Å². The number of carbonyl (C=O) groups excluding carboxylic acids is 1. The molecule has 1 amide bonds. The first-order valence-corrected chi connectivity index (χ1v) is 8.94. The van der Waals surface area contributed by atoms with Crippen molar-refractivity contribution < 1.29 is 4.79 Å². The lowest BCUT2D eigenvalue weighted by molar-refractivity contribution is -0.122. The van der Waals surface area contributed by atoms with Crippen molar-refractivity contribution in [3.05, 3.63) is 76.8 Å². The van der Waals surface area contributed by atoms with Crippen LogP contribution < -0.4 is 10.9 Å². The van der Waals surface area contributed by atoms with Crippen LogP contribution in [0.4, 0.5) is 0 Å². The van der Waals surface area contributed by atoms with Gasteiger partial charge in [-0.05, 0) is 30.5 Å². The van der Waals surface area contributed by atoms with Crippen molar-refractivity contribution >= 4 is 16.8 Å². The van der Waals surface area contributed by atoms with Crippen LogP contribution in [0, 0.1) is 0 Å². The molecule has 2 aromatic carbocycles. The highest BCUT2D eigenvalue weighted by Gasteiger charge is 2.38. The van der Waals surface area contributed by atoms with Crippen LogP contribution in [0.2, 0.25) is 0 Å². The van der Waals surface area contributed by atoms with Crippen LogP contribution in [-0.4, -0.2) is 22.0 Å². The van der Waals surface area contributed by atoms with E-state index >= 15 is 0 Å². The zero-order chi connectivity index (χ0) is 18.0. The molecule has 4 rings (SSSR count). The second-order valence-corrected chi connectivity index (χ2v) is 6.97. The molecule has 3 aromatic rings. The highest BCUT2D eigenvalue weighted by atomic mass is 16.2. The van der Waals surface area contributed by atoms with E-state index in [-0.39, 0.29) is 23.4 Å². The molecule has 26 heavy (non-hydrogen) atoms. The number of rotatable bonds is 5. The van der Waals surface area contributed by atoms with E-state index in [2.05, 4.69) is 22.4 Å². The molecular formula is C21H21N3O2. The highest BCUT2D eigenvalue weighted by molar-refractivity contribution is 5.78. The molecule has 1 fully saturated rings. The Morgan fingerprint density at radius 1 is 1.08 bits per heavy atom. The normalized spacial score (nSPS) is 15.4. The number of hydrogen-bond donors (Lipinski definition) is 1. The van der Waals surface area contributed by atoms with E-state index < -0.39 is 0 Å². The third kappa shape index (κ3) is 3.01. The number of aromatic nitrogens is 2. The molecule has 0 spiro atoms. The summed E-state index contributed by atoms with van der Waals surface area (Å²) in [6.07, 6.45) is 4.78. The fraction of sp³-hybridized carbons (Fsp3) is 0.286. The Balaban J connectivity index is 1.46. The predicted molar refractivity (Wildman–Crippen MR) is 101 cm³/mol. The van der Waals surface area contributed by atoms with E-state index in [0.717, 1.165) is 12.8 Å². The second-order valence-electron chi connectivity index (χ2n) is 6.97. The summed E-state index contributed by atoms with van der Waals surface area (Å²) in [4.78, 5) is 29.2. The number of fused-ring (bicyclic) bond motifs is 1. The lowest BCUT2D eigenvalue weighted by atomic mass is 9.64. The quantitative estimate of drug-likeness (QED) is 0.772. The minimum absolute atomic E-state index is 0.0124. The van der Waals surface area contributed by atoms with Crippen molar-refractivity contribution in [2.45, 2.75) is 31.2 Å². The number of nitrogens with one attached hydrogen (secondary N) is 1. The van der Waals surface area contributed by atoms with Gasteiger partial charge in [0.05, 0.1) is 17.2 Å². The van der Waals surface area contributed by atoms with Crippen LogP contribution >= 0.6 is 0 Å². The molecule has 1 aromatic heterocycles. The molecule has 0 unspecified atom stereocenters. The summed E-state index contributed by atoms with van der Waals surface area (Å²) in [5, 5.41) is 3.55. The van der Waals surface area contributed by atoms with E-state index in [1.165, 1.54) is 22.9 Å². The average Bonchev–Trinajstić information content (AvgIpc) is 2.64. The highest BCUT2D eigenvalue weighted by Crippen LogP contribution is 2.43. The van der Waals surface area contributed by atoms with Gasteiger partial charge in [-0.1, -0.05) is 48.9 Å². The minimum atomic E-state index is -0.188. The SMILES string of the molecule is O=C(Cn1cnc2ccccc2c1=O)NCC1(c2ccccc2)CCC1. The van der Waals surface area contributed by atoms with Crippen molar-refractivity contribution in [1.29, 1.82) is 0 Å². The lowest BCUT2D eigenvalue weighted by Crippen LogP contribution is -2.46. The molecule has 1 N–H and O–H groups in total. The summed E-state index contributed by atoms with van der Waals surface area (Å²) < 4.78 is 1.37. The van der Waals surface area contributed by atoms with Crippen molar-refractivity contribution in [2.24, 2.45) is 0 Å². The number of carbonyl (C=O) groups is 1. The van der Waals surface area contributed by atoms with Crippen molar-refractivity contribution in [2.75, 3.05) is 6.54 Å². The first-order chi connectivity index (χ1) is 12.7. The molecule has 1 heterocycles. The van der Waals surface area contributed by atoms with Gasteiger partial charge in [0.25, 0.3) is 5.56 Å². The number of benzene rings is 2. The fourth-order valence-corrected chi connectivity index (χ4v) is 3.66. The van der Waals surface area contributed by atoms with Crippen LogP contribution in [0.15, 0.2) is 65.7 Å². The van der Waals surface area contributed by atoms with Gasteiger partial charge in [0.2, 0.25) is 5.91 Å². The Morgan fingerprint density at radius 2 is 1.81 bits per heavy atom. The maximum Gasteiger partial charge on any atom is 0.261 e. The summed E-state index contributed by atoms with van der Waals surface area (Å²) >= 11 is 0. The average molecular weight is 347 g/mol. The van der Waals surface area contributed by atoms with E-state index in [9.17, 15) is 9.59 Å². The monoisotopic (exact) mass is 347 g/mol. The van der Waals surface area contributed by atoms with E-state index in [1.807, 2.05) is 24.3 Å². The number of hydrogen-bond acceptors (Lipinski definition) is 3. The maximum absolute atomic E-state index is 12.5. The molecule has 1 aliphatic carbocycles. The Hall–Kier alpha value is -2.95. The Bertz CT molecular complexity index is 991. The van der Waals surface area contributed by atoms with Gasteiger partial charge in [-0.2, -0.15) is 0 Å². The molecule has 1 saturated carbocycles. The van der Waals surface area contributed by atoms with Crippen molar-refractivity contribution in [3.8, 4) is 0 Å². The summed E-state index contributed by atoms with van der Waals surface area (Å²) in [6, 6.07) is 17.5. The standard InChI is InChI=1S/C21H21N3O2/c25-19(13-24-15-23-18-10-5-4-9-17(18)20(24)26)22-14-21(11-6-12-21)16-7-2-1-3-8-16/h1-5,7-10,15H,6,11-14H2,(H,22,25). The zero-order valence-electron chi connectivity index (χ0n) is 14.5. The van der Waals surface area contributed by atoms with Gasteiger partial charge in [0.1, 0.15) is 6.54 Å². The fourth-order valence-electron chi connectivity index (χ4n) is 3.66. The van der Waals surface area contributed by atoms with Crippen molar-refractivity contribution in [3.63, 3.8) is 0 Å². The van der Waals surface area contributed by atoms with Gasteiger partial charge in [0, 0.05) is 12.0 Å². The molecule has 132 valence electrons. The molecule has 0 atom stereocenters. The van der Waals surface area contributed by atoms with E-state index in [4.69, 9.17) is 0 Å². The van der Waals surface area contributed by atoms with Crippen LogP contribution in [0.25, 0.3) is 10.9 Å². The minimum Gasteiger partial charge on any atom is -0.354 e. The first kappa shape index (κ1) is 16.5. The number of nitrogens with zero attached hydrogens (tertiary/aromatic N) is 2. The molecule has 0 aliphatic heterocycles. The molecule has 1 aliphatic rings. The summed E-state index contributed by atoms with van der Waals surface area (Å²) in [6.45, 7) is 0.590. The molecular weight excluding hydrogens is 326 g/mol. The second kappa shape index (κ2) is 6.75. The van der Waals surface area contributed by atoms with E-state index in [0.29, 0.717) is 17.4 Å². The van der Waals surface area contributed by atoms with Crippen LogP contribution in [-0.2, 0) is 16.8 Å². The smallest absolute Gasteiger partial charge is 0.261 e. The predicted octanol–water partition coefficient (Wildman–Crippen LogP) is 2.63. The third-order valence-corrected chi connectivity index (χ3v) is 5.37. The van der Waals surface area contributed by atoms with Crippen LogP contribution in [0.3, 0.4) is 0 Å². The molecule has 5 nitrogen and oxygen atoms in total. The number of para-hydroxylation sites is 1. The van der Waals surface area contributed by atoms with Gasteiger partial charge in [-0.3, -0.25) is 14.2 Å². The molecule has 0 saturated heterocycles. The molecule has 0 bridgehead atoms. The first-order valence-electron chi connectivity index (χ1n) is 8.94. The van der Waals surface area contributed by atoms with Gasteiger partial charge in [-0.15, -0.1) is 0 Å². The lowest BCUT2D eigenvalue weighted by Gasteiger charge is -2.42. The van der Waals surface area contributed by atoms with Gasteiger partial charge < -0.3 is 5.32 Å². The number of amides is 1. The Kier molecular flexibility index (Phi) is 4.29. The third-order valence-electron chi connectivity index (χ3n) is 5.37. The molecule has 5 heteroatoms. The molecule has 0 radical (unpaired) electrons. The summed E-state index contributed by atoms with van der Waals surface area (Å²) in [5.41, 5.74) is 1.76. The van der Waals surface area contributed by atoms with Crippen molar-refractivity contribution in [1.82, 2.24) is 14.9 Å². The van der Waals surface area contributed by atoms with Crippen LogP contribution in [0.5, 0.6) is 0 Å². The topological polar surface area (TPSA) is 64.0 Å². The summed E-state index contributed by atoms with van der Waals surface area (Å²) in [7, 11) is 0. The Morgan fingerprint density at radius 3 is 2.54 bits per heavy atom. The summed E-state index contributed by atoms with van der Waals surface area (Å²) in [5.74, 6) is -0.161. The van der Waals surface area contributed by atoms with Crippen LogP contribution in [0.1, 0.15) is 24.8 Å². The van der Waals surface area contributed by atoms with Gasteiger partial charge in [0.15, 0.2) is 0 Å². The van der Waals surface area contributed by atoms with Gasteiger partial charge >= 0.3 is 0 Å². The van der Waals surface area contributed by atoms with E-state index in [1.54, 1.807) is 18.2 Å². The maximum atomic E-state index is 12.5.